The first-order valence-electron chi connectivity index (χ1n) is 5.17. The highest BCUT2D eigenvalue weighted by atomic mass is 127. The minimum atomic E-state index is -0.446. The molecule has 1 N–H and O–H groups in total. The fourth-order valence-electron chi connectivity index (χ4n) is 1.39. The van der Waals surface area contributed by atoms with Crippen LogP contribution in [-0.2, 0) is 0 Å². The van der Waals surface area contributed by atoms with E-state index in [-0.39, 0.29) is 24.0 Å². The third-order valence-electron chi connectivity index (χ3n) is 2.24. The van der Waals surface area contributed by atoms with Crippen molar-refractivity contribution in [3.8, 4) is 5.75 Å². The van der Waals surface area contributed by atoms with Crippen molar-refractivity contribution in [2.45, 2.75) is 6.92 Å². The summed E-state index contributed by atoms with van der Waals surface area (Å²) in [5.74, 6) is 0.595. The summed E-state index contributed by atoms with van der Waals surface area (Å²) < 4.78 is 5.82. The number of ether oxygens (including phenoxy) is 1. The molecule has 0 heterocycles. The largest absolute Gasteiger partial charge is 1.00 e. The lowest BCUT2D eigenvalue weighted by Gasteiger charge is -2.25. The van der Waals surface area contributed by atoms with Crippen LogP contribution < -0.4 is 38.5 Å². The average Bonchev–Trinajstić information content (AvgIpc) is 2.19. The molecule has 0 saturated heterocycles. The summed E-state index contributed by atoms with van der Waals surface area (Å²) in [6.45, 7) is 2.02. The number of rotatable bonds is 2. The maximum absolute atomic E-state index is 11.2. The van der Waals surface area contributed by atoms with Gasteiger partial charge >= 0.3 is 6.09 Å². The van der Waals surface area contributed by atoms with E-state index in [0.29, 0.717) is 10.2 Å². The molecule has 0 spiro atoms. The Morgan fingerprint density at radius 2 is 1.88 bits per heavy atom. The second kappa shape index (κ2) is 6.20. The first-order chi connectivity index (χ1) is 7.34. The van der Waals surface area contributed by atoms with Crippen molar-refractivity contribution in [2.24, 2.45) is 0 Å². The minimum absolute atomic E-state index is 0. The summed E-state index contributed by atoms with van der Waals surface area (Å²) in [6, 6.07) is 5.78. The van der Waals surface area contributed by atoms with Crippen LogP contribution in [0.15, 0.2) is 18.2 Å². The number of benzene rings is 1. The molecule has 17 heavy (non-hydrogen) atoms. The van der Waals surface area contributed by atoms with Crippen LogP contribution >= 0.6 is 0 Å². The standard InChI is InChI=1S/C12H18N2O2.HI/c1-9-6-7-11(16-12(15)13-2)10(8-9)14(3,4)5;/h6-8H,1-5H3;1H. The van der Waals surface area contributed by atoms with Gasteiger partial charge in [0.2, 0.25) is 0 Å². The van der Waals surface area contributed by atoms with E-state index in [1.54, 1.807) is 7.05 Å². The van der Waals surface area contributed by atoms with Gasteiger partial charge in [0.15, 0.2) is 11.4 Å². The Bertz CT molecular complexity index is 400. The number of nitrogens with zero attached hydrogens (tertiary/aromatic N) is 1. The molecule has 0 aliphatic rings. The quantitative estimate of drug-likeness (QED) is 0.544. The number of carbonyl (C=O) groups excluding carboxylic acids is 1. The van der Waals surface area contributed by atoms with Gasteiger partial charge in [-0.25, -0.2) is 4.79 Å². The zero-order valence-corrected chi connectivity index (χ0v) is 13.0. The predicted molar refractivity (Wildman–Crippen MR) is 65.8 cm³/mol. The van der Waals surface area contributed by atoms with Crippen LogP contribution in [0.25, 0.3) is 0 Å². The van der Waals surface area contributed by atoms with E-state index >= 15 is 0 Å². The highest BCUT2D eigenvalue weighted by molar-refractivity contribution is 5.73. The average molecular weight is 350 g/mol. The Morgan fingerprint density at radius 3 is 2.35 bits per heavy atom. The van der Waals surface area contributed by atoms with Crippen molar-refractivity contribution in [3.63, 3.8) is 0 Å². The van der Waals surface area contributed by atoms with Gasteiger partial charge < -0.3 is 34.0 Å². The molecule has 0 aromatic heterocycles. The van der Waals surface area contributed by atoms with Gasteiger partial charge in [0.1, 0.15) is 0 Å². The summed E-state index contributed by atoms with van der Waals surface area (Å²) in [4.78, 5) is 11.2. The second-order valence-electron chi connectivity index (χ2n) is 4.62. The Morgan fingerprint density at radius 1 is 1.29 bits per heavy atom. The van der Waals surface area contributed by atoms with Crippen LogP contribution in [0.5, 0.6) is 5.75 Å². The predicted octanol–water partition coefficient (Wildman–Crippen LogP) is -1.09. The lowest BCUT2D eigenvalue weighted by Crippen LogP contribution is -3.00. The maximum atomic E-state index is 11.2. The molecule has 0 fully saturated rings. The molecule has 0 unspecified atom stereocenters. The highest BCUT2D eigenvalue weighted by Crippen LogP contribution is 2.31. The first kappa shape index (κ1) is 16.2. The molecule has 4 nitrogen and oxygen atoms in total. The Hall–Kier alpha value is -0.820. The molecule has 96 valence electrons. The van der Waals surface area contributed by atoms with Gasteiger partial charge in [-0.3, -0.25) is 4.48 Å². The van der Waals surface area contributed by atoms with E-state index in [9.17, 15) is 4.79 Å². The van der Waals surface area contributed by atoms with Crippen LogP contribution in [0, 0.1) is 6.92 Å². The zero-order valence-electron chi connectivity index (χ0n) is 10.9. The second-order valence-corrected chi connectivity index (χ2v) is 4.62. The summed E-state index contributed by atoms with van der Waals surface area (Å²) in [5, 5.41) is 2.44. The molecule has 1 rings (SSSR count). The van der Waals surface area contributed by atoms with E-state index in [2.05, 4.69) is 5.32 Å². The number of halogens is 1. The van der Waals surface area contributed by atoms with Gasteiger partial charge in [-0.1, -0.05) is 6.07 Å². The van der Waals surface area contributed by atoms with Crippen LogP contribution in [0.1, 0.15) is 5.56 Å². The van der Waals surface area contributed by atoms with Gasteiger partial charge in [-0.05, 0) is 18.6 Å². The molecule has 0 aliphatic heterocycles. The molecule has 0 saturated carbocycles. The van der Waals surface area contributed by atoms with Crippen LogP contribution in [0.4, 0.5) is 10.5 Å². The summed E-state index contributed by atoms with van der Waals surface area (Å²) in [7, 11) is 7.64. The number of quaternary nitrogens is 1. The Labute approximate surface area is 120 Å². The van der Waals surface area contributed by atoms with Gasteiger partial charge in [-0.2, -0.15) is 0 Å². The number of hydrogen-bond donors (Lipinski definition) is 1. The van der Waals surface area contributed by atoms with Crippen molar-refractivity contribution in [3.05, 3.63) is 23.8 Å². The van der Waals surface area contributed by atoms with Crippen LogP contribution in [0.2, 0.25) is 0 Å². The third-order valence-corrected chi connectivity index (χ3v) is 2.24. The number of amides is 1. The SMILES string of the molecule is CNC(=O)Oc1ccc(C)cc1[N+](C)(C)C.[I-]. The third kappa shape index (κ3) is 4.51. The Kier molecular flexibility index (Phi) is 5.91. The molecule has 0 radical (unpaired) electrons. The van der Waals surface area contributed by atoms with Crippen molar-refractivity contribution in [2.75, 3.05) is 28.2 Å². The van der Waals surface area contributed by atoms with Gasteiger partial charge in [0, 0.05) is 13.1 Å². The monoisotopic (exact) mass is 350 g/mol. The summed E-state index contributed by atoms with van der Waals surface area (Å²) in [5.41, 5.74) is 2.12. The smallest absolute Gasteiger partial charge is 0.412 e. The van der Waals surface area contributed by atoms with Crippen LogP contribution in [0.3, 0.4) is 0 Å². The van der Waals surface area contributed by atoms with E-state index in [1.165, 1.54) is 0 Å². The molecule has 0 bridgehead atoms. The molecular formula is C12H19IN2O2. The lowest BCUT2D eigenvalue weighted by molar-refractivity contribution is -0.00000869. The fourth-order valence-corrected chi connectivity index (χ4v) is 1.39. The van der Waals surface area contributed by atoms with Crippen molar-refractivity contribution >= 4 is 11.8 Å². The topological polar surface area (TPSA) is 38.3 Å². The van der Waals surface area contributed by atoms with E-state index in [1.807, 2.05) is 46.3 Å². The molecule has 1 aromatic carbocycles. The minimum Gasteiger partial charge on any atom is -1.00 e. The number of aryl methyl sites for hydroxylation is 1. The van der Waals surface area contributed by atoms with E-state index < -0.39 is 6.09 Å². The molecule has 5 heteroatoms. The number of carbonyl (C=O) groups is 1. The van der Waals surface area contributed by atoms with E-state index in [0.717, 1.165) is 11.3 Å². The molecule has 0 atom stereocenters. The number of hydrogen-bond acceptors (Lipinski definition) is 2. The molecule has 1 aromatic rings. The van der Waals surface area contributed by atoms with E-state index in [4.69, 9.17) is 4.74 Å². The van der Waals surface area contributed by atoms with Crippen molar-refractivity contribution in [1.82, 2.24) is 9.80 Å². The lowest BCUT2D eigenvalue weighted by atomic mass is 10.2. The van der Waals surface area contributed by atoms with Crippen molar-refractivity contribution in [1.29, 1.82) is 0 Å². The van der Waals surface area contributed by atoms with Gasteiger partial charge in [0.25, 0.3) is 0 Å². The zero-order chi connectivity index (χ0) is 12.3. The molecule has 1 amide bonds. The van der Waals surface area contributed by atoms with Crippen molar-refractivity contribution < 1.29 is 33.5 Å². The number of nitrogens with one attached hydrogen (secondary N) is 1. The highest BCUT2D eigenvalue weighted by Gasteiger charge is 2.20. The maximum Gasteiger partial charge on any atom is 0.412 e. The molecular weight excluding hydrogens is 331 g/mol. The first-order valence-corrected chi connectivity index (χ1v) is 5.17. The normalized spacial score (nSPS) is 10.4. The Balaban J connectivity index is 0.00000256. The summed E-state index contributed by atoms with van der Waals surface area (Å²) >= 11 is 0. The molecule has 0 aliphatic carbocycles. The van der Waals surface area contributed by atoms with Gasteiger partial charge in [0.05, 0.1) is 21.1 Å². The van der Waals surface area contributed by atoms with Crippen LogP contribution in [-0.4, -0.2) is 34.3 Å². The van der Waals surface area contributed by atoms with Gasteiger partial charge in [-0.15, -0.1) is 0 Å². The fraction of sp³-hybridized carbons (Fsp3) is 0.417. The summed E-state index contributed by atoms with van der Waals surface area (Å²) in [6.07, 6.45) is -0.446.